The molecule has 0 saturated carbocycles. The van der Waals surface area contributed by atoms with Crippen molar-refractivity contribution in [2.24, 2.45) is 0 Å². The molecule has 0 spiro atoms. The molecule has 7 heteroatoms. The molecule has 1 atom stereocenters. The number of carbonyl (C=O) groups is 1. The fourth-order valence-corrected chi connectivity index (χ4v) is 3.66. The van der Waals surface area contributed by atoms with E-state index in [-0.39, 0.29) is 17.6 Å². The van der Waals surface area contributed by atoms with Crippen molar-refractivity contribution in [1.82, 2.24) is 14.8 Å². The topological polar surface area (TPSA) is 59.9 Å². The van der Waals surface area contributed by atoms with E-state index in [9.17, 15) is 14.3 Å². The Kier molecular flexibility index (Phi) is 7.17. The third-order valence-electron chi connectivity index (χ3n) is 5.49. The molecule has 6 nitrogen and oxygen atoms in total. The number of piperazine rings is 1. The van der Waals surface area contributed by atoms with Crippen LogP contribution in [-0.2, 0) is 11.3 Å². The number of carbonyl (C=O) groups excluding carboxylic acids is 1. The second-order valence-corrected chi connectivity index (χ2v) is 7.71. The smallest absolute Gasteiger partial charge is 0.137 e. The summed E-state index contributed by atoms with van der Waals surface area (Å²) in [6.45, 7) is 6.34. The van der Waals surface area contributed by atoms with Crippen LogP contribution in [0.1, 0.15) is 17.5 Å². The zero-order chi connectivity index (χ0) is 20.8. The lowest BCUT2D eigenvalue weighted by molar-refractivity contribution is -0.112. The number of aldehydes is 1. The average Bonchev–Trinajstić information content (AvgIpc) is 2.72. The summed E-state index contributed by atoms with van der Waals surface area (Å²) in [7, 11) is 1.99. The summed E-state index contributed by atoms with van der Waals surface area (Å²) in [5.41, 5.74) is 1.59. The second kappa shape index (κ2) is 9.80. The molecule has 3 rings (SSSR count). The standard InChI is InChI=1S/C22H29FN4O2/c1-17-3-4-18(13-21(17)23)15-25(2)8-7-19(16-28)26-9-11-27(12-10-26)22-6-5-20(29)14-24-22/h3-6,13-14,16,19,29H,7-12,15H2,1-2H3/t19-/m0/s1. The van der Waals surface area contributed by atoms with Crippen LogP contribution in [0.25, 0.3) is 0 Å². The SMILES string of the molecule is Cc1ccc(CN(C)CC[C@@H](C=O)N2CCN(c3ccc(O)cn3)CC2)cc1F. The fraction of sp³-hybridized carbons (Fsp3) is 0.455. The Morgan fingerprint density at radius 2 is 2.00 bits per heavy atom. The normalized spacial score (nSPS) is 16.2. The first-order valence-electron chi connectivity index (χ1n) is 9.99. The lowest BCUT2D eigenvalue weighted by Gasteiger charge is -2.38. The highest BCUT2D eigenvalue weighted by Crippen LogP contribution is 2.18. The second-order valence-electron chi connectivity index (χ2n) is 7.71. The molecular formula is C22H29FN4O2. The molecule has 0 amide bonds. The van der Waals surface area contributed by atoms with Crippen LogP contribution in [0, 0.1) is 12.7 Å². The van der Waals surface area contributed by atoms with Gasteiger partial charge in [0.25, 0.3) is 0 Å². The fourth-order valence-electron chi connectivity index (χ4n) is 3.66. The summed E-state index contributed by atoms with van der Waals surface area (Å²) in [4.78, 5) is 22.4. The van der Waals surface area contributed by atoms with Gasteiger partial charge >= 0.3 is 0 Å². The lowest BCUT2D eigenvalue weighted by atomic mass is 10.1. The quantitative estimate of drug-likeness (QED) is 0.687. The van der Waals surface area contributed by atoms with Crippen LogP contribution in [0.15, 0.2) is 36.5 Å². The summed E-state index contributed by atoms with van der Waals surface area (Å²) < 4.78 is 13.7. The minimum Gasteiger partial charge on any atom is -0.506 e. The predicted molar refractivity (Wildman–Crippen MR) is 112 cm³/mol. The first kappa shape index (κ1) is 21.2. The average molecular weight is 400 g/mol. The molecule has 0 aliphatic carbocycles. The van der Waals surface area contributed by atoms with Gasteiger partial charge in [-0.2, -0.15) is 0 Å². The van der Waals surface area contributed by atoms with Crippen LogP contribution in [0.5, 0.6) is 5.75 Å². The highest BCUT2D eigenvalue weighted by molar-refractivity contribution is 5.57. The Balaban J connectivity index is 1.47. The first-order valence-corrected chi connectivity index (χ1v) is 9.99. The van der Waals surface area contributed by atoms with Gasteiger partial charge in [-0.1, -0.05) is 12.1 Å². The van der Waals surface area contributed by atoms with Crippen LogP contribution in [-0.4, -0.2) is 72.0 Å². The van der Waals surface area contributed by atoms with Crippen LogP contribution in [0.2, 0.25) is 0 Å². The van der Waals surface area contributed by atoms with Crippen molar-refractivity contribution >= 4 is 12.1 Å². The van der Waals surface area contributed by atoms with Crippen LogP contribution >= 0.6 is 0 Å². The third kappa shape index (κ3) is 5.74. The Morgan fingerprint density at radius 1 is 1.24 bits per heavy atom. The van der Waals surface area contributed by atoms with Gasteiger partial charge in [0.2, 0.25) is 0 Å². The molecule has 2 aromatic rings. The van der Waals surface area contributed by atoms with Gasteiger partial charge in [-0.3, -0.25) is 4.90 Å². The maximum Gasteiger partial charge on any atom is 0.137 e. The molecule has 1 aliphatic rings. The van der Waals surface area contributed by atoms with E-state index >= 15 is 0 Å². The van der Waals surface area contributed by atoms with E-state index in [0.717, 1.165) is 56.8 Å². The number of halogens is 1. The van der Waals surface area contributed by atoms with Gasteiger partial charge in [-0.25, -0.2) is 9.37 Å². The monoisotopic (exact) mass is 400 g/mol. The number of benzene rings is 1. The predicted octanol–water partition coefficient (Wildman–Crippen LogP) is 2.45. The third-order valence-corrected chi connectivity index (χ3v) is 5.49. The molecule has 1 N–H and O–H groups in total. The number of aromatic nitrogens is 1. The van der Waals surface area contributed by atoms with Crippen molar-refractivity contribution in [2.45, 2.75) is 25.9 Å². The molecule has 156 valence electrons. The molecule has 0 bridgehead atoms. The van der Waals surface area contributed by atoms with Crippen molar-refractivity contribution in [3.05, 3.63) is 53.5 Å². The summed E-state index contributed by atoms with van der Waals surface area (Å²) in [6.07, 6.45) is 3.23. The van der Waals surface area contributed by atoms with Gasteiger partial charge in [0, 0.05) is 39.3 Å². The van der Waals surface area contributed by atoms with Crippen LogP contribution in [0.4, 0.5) is 10.2 Å². The Morgan fingerprint density at radius 3 is 2.62 bits per heavy atom. The van der Waals surface area contributed by atoms with E-state index in [4.69, 9.17) is 0 Å². The lowest BCUT2D eigenvalue weighted by Crippen LogP contribution is -2.51. The minimum atomic E-state index is -0.178. The molecule has 0 unspecified atom stereocenters. The van der Waals surface area contributed by atoms with Crippen molar-refractivity contribution in [3.8, 4) is 5.75 Å². The first-order chi connectivity index (χ1) is 14.0. The van der Waals surface area contributed by atoms with E-state index in [2.05, 4.69) is 19.7 Å². The Bertz CT molecular complexity index is 807. The molecule has 29 heavy (non-hydrogen) atoms. The van der Waals surface area contributed by atoms with E-state index in [1.54, 1.807) is 25.1 Å². The number of hydrogen-bond donors (Lipinski definition) is 1. The molecule has 1 aromatic carbocycles. The van der Waals surface area contributed by atoms with Gasteiger partial charge in [0.1, 0.15) is 23.7 Å². The number of hydrogen-bond acceptors (Lipinski definition) is 6. The van der Waals surface area contributed by atoms with Gasteiger partial charge in [-0.05, 0) is 49.7 Å². The zero-order valence-electron chi connectivity index (χ0n) is 17.1. The summed E-state index contributed by atoms with van der Waals surface area (Å²) in [5.74, 6) is 0.823. The highest BCUT2D eigenvalue weighted by atomic mass is 19.1. The largest absolute Gasteiger partial charge is 0.506 e. The van der Waals surface area contributed by atoms with Gasteiger partial charge in [0.15, 0.2) is 0 Å². The number of pyridine rings is 1. The number of nitrogens with zero attached hydrogens (tertiary/aromatic N) is 4. The molecule has 1 aliphatic heterocycles. The molecule has 1 saturated heterocycles. The molecule has 1 fully saturated rings. The summed E-state index contributed by atoms with van der Waals surface area (Å²) >= 11 is 0. The van der Waals surface area contributed by atoms with Gasteiger partial charge < -0.3 is 19.7 Å². The van der Waals surface area contributed by atoms with Crippen molar-refractivity contribution in [1.29, 1.82) is 0 Å². The van der Waals surface area contributed by atoms with E-state index in [0.29, 0.717) is 12.1 Å². The van der Waals surface area contributed by atoms with Crippen LogP contribution in [0.3, 0.4) is 0 Å². The van der Waals surface area contributed by atoms with Crippen molar-refractivity contribution in [3.63, 3.8) is 0 Å². The maximum atomic E-state index is 13.7. The summed E-state index contributed by atoms with van der Waals surface area (Å²) in [5, 5.41) is 9.37. The minimum absolute atomic E-state index is 0.123. The summed E-state index contributed by atoms with van der Waals surface area (Å²) in [6, 6.07) is 8.66. The number of aryl methyl sites for hydroxylation is 1. The van der Waals surface area contributed by atoms with E-state index in [1.807, 2.05) is 19.2 Å². The van der Waals surface area contributed by atoms with Gasteiger partial charge in [-0.15, -0.1) is 0 Å². The van der Waals surface area contributed by atoms with Gasteiger partial charge in [0.05, 0.1) is 12.2 Å². The maximum absolute atomic E-state index is 13.7. The molecule has 1 aromatic heterocycles. The van der Waals surface area contributed by atoms with Crippen molar-refractivity contribution in [2.75, 3.05) is 44.7 Å². The number of anilines is 1. The Hall–Kier alpha value is -2.51. The Labute approximate surface area is 171 Å². The van der Waals surface area contributed by atoms with Crippen LogP contribution < -0.4 is 4.90 Å². The zero-order valence-corrected chi connectivity index (χ0v) is 17.1. The molecule has 2 heterocycles. The molecular weight excluding hydrogens is 371 g/mol. The van der Waals surface area contributed by atoms with E-state index in [1.165, 1.54) is 6.20 Å². The van der Waals surface area contributed by atoms with E-state index < -0.39 is 0 Å². The van der Waals surface area contributed by atoms with Crippen molar-refractivity contribution < 1.29 is 14.3 Å². The highest BCUT2D eigenvalue weighted by Gasteiger charge is 2.24. The number of aromatic hydroxyl groups is 1. The molecule has 0 radical (unpaired) electrons. The number of rotatable bonds is 8.